The van der Waals surface area contributed by atoms with Crippen LogP contribution in [0.5, 0.6) is 0 Å². The van der Waals surface area contributed by atoms with E-state index < -0.39 is 0 Å². The summed E-state index contributed by atoms with van der Waals surface area (Å²) in [6, 6.07) is 10.5. The average molecular weight is 400 g/mol. The van der Waals surface area contributed by atoms with Gasteiger partial charge in [0.1, 0.15) is 4.60 Å². The molecule has 0 unspecified atom stereocenters. The molecule has 1 aliphatic heterocycles. The number of piperazine rings is 1. The van der Waals surface area contributed by atoms with Crippen molar-refractivity contribution >= 4 is 27.5 Å². The Kier molecular flexibility index (Phi) is 4.50. The lowest BCUT2D eigenvalue weighted by Crippen LogP contribution is -2.49. The maximum atomic E-state index is 12.6. The molecule has 0 spiro atoms. The third-order valence-corrected chi connectivity index (χ3v) is 5.62. The summed E-state index contributed by atoms with van der Waals surface area (Å²) in [7, 11) is 0. The topological polar surface area (TPSA) is 36.4 Å². The van der Waals surface area contributed by atoms with Crippen LogP contribution in [0.4, 0.5) is 5.69 Å². The Morgan fingerprint density at radius 2 is 1.88 bits per heavy atom. The van der Waals surface area contributed by atoms with E-state index in [1.54, 1.807) is 6.20 Å². The SMILES string of the molecule is Cc1cc(C2CC2)ccc1N1CCN(C(=O)c2ccc(Br)nc2)CC1. The molecule has 1 aromatic heterocycles. The number of carbonyl (C=O) groups excluding carboxylic acids is 1. The molecule has 4 rings (SSSR count). The second-order valence-corrected chi connectivity index (χ2v) is 7.78. The van der Waals surface area contributed by atoms with E-state index in [0.717, 1.165) is 36.7 Å². The molecule has 2 aliphatic rings. The number of halogens is 1. The number of carbonyl (C=O) groups is 1. The van der Waals surface area contributed by atoms with Gasteiger partial charge in [-0.15, -0.1) is 0 Å². The van der Waals surface area contributed by atoms with E-state index >= 15 is 0 Å². The summed E-state index contributed by atoms with van der Waals surface area (Å²) in [5.41, 5.74) is 4.79. The highest BCUT2D eigenvalue weighted by molar-refractivity contribution is 9.10. The van der Waals surface area contributed by atoms with Crippen molar-refractivity contribution in [3.63, 3.8) is 0 Å². The minimum atomic E-state index is 0.0699. The Morgan fingerprint density at radius 1 is 1.12 bits per heavy atom. The van der Waals surface area contributed by atoms with Crippen LogP contribution in [0.3, 0.4) is 0 Å². The van der Waals surface area contributed by atoms with Gasteiger partial charge < -0.3 is 9.80 Å². The van der Waals surface area contributed by atoms with E-state index in [9.17, 15) is 4.79 Å². The zero-order valence-electron chi connectivity index (χ0n) is 14.4. The molecule has 25 heavy (non-hydrogen) atoms. The van der Waals surface area contributed by atoms with Gasteiger partial charge in [-0.1, -0.05) is 12.1 Å². The maximum absolute atomic E-state index is 12.6. The summed E-state index contributed by atoms with van der Waals surface area (Å²) in [5.74, 6) is 0.863. The van der Waals surface area contributed by atoms with E-state index in [1.165, 1.54) is 29.7 Å². The van der Waals surface area contributed by atoms with Gasteiger partial charge in [-0.2, -0.15) is 0 Å². The summed E-state index contributed by atoms with van der Waals surface area (Å²) in [6.45, 7) is 5.45. The molecule has 5 heteroatoms. The standard InChI is InChI=1S/C20H22BrN3O/c1-14-12-16(15-2-3-15)4-6-18(14)23-8-10-24(11-9-23)20(25)17-5-7-19(21)22-13-17/h4-7,12-13,15H,2-3,8-11H2,1H3. The van der Waals surface area contributed by atoms with Gasteiger partial charge in [0.25, 0.3) is 5.91 Å². The van der Waals surface area contributed by atoms with Crippen molar-refractivity contribution in [2.75, 3.05) is 31.1 Å². The van der Waals surface area contributed by atoms with Crippen LogP contribution in [0.1, 0.15) is 40.2 Å². The summed E-state index contributed by atoms with van der Waals surface area (Å²) in [4.78, 5) is 21.1. The molecule has 2 aromatic rings. The lowest BCUT2D eigenvalue weighted by Gasteiger charge is -2.37. The van der Waals surface area contributed by atoms with Crippen molar-refractivity contribution in [3.8, 4) is 0 Å². The summed E-state index contributed by atoms with van der Waals surface area (Å²) < 4.78 is 0.749. The monoisotopic (exact) mass is 399 g/mol. The molecule has 4 nitrogen and oxygen atoms in total. The van der Waals surface area contributed by atoms with Crippen LogP contribution in [0.15, 0.2) is 41.1 Å². The van der Waals surface area contributed by atoms with Crippen LogP contribution < -0.4 is 4.90 Å². The molecule has 2 heterocycles. The Bertz CT molecular complexity index is 778. The number of amides is 1. The first kappa shape index (κ1) is 16.6. The molecule has 2 fully saturated rings. The van der Waals surface area contributed by atoms with Crippen LogP contribution in [-0.2, 0) is 0 Å². The highest BCUT2D eigenvalue weighted by Crippen LogP contribution is 2.41. The predicted octanol–water partition coefficient (Wildman–Crippen LogP) is 3.99. The molecule has 1 amide bonds. The predicted molar refractivity (Wildman–Crippen MR) is 103 cm³/mol. The molecule has 1 aliphatic carbocycles. The minimum Gasteiger partial charge on any atom is -0.368 e. The Balaban J connectivity index is 1.41. The second kappa shape index (κ2) is 6.79. The molecule has 0 N–H and O–H groups in total. The number of benzene rings is 1. The van der Waals surface area contributed by atoms with E-state index in [1.807, 2.05) is 17.0 Å². The number of hydrogen-bond donors (Lipinski definition) is 0. The van der Waals surface area contributed by atoms with Crippen molar-refractivity contribution < 1.29 is 4.79 Å². The fraction of sp³-hybridized carbons (Fsp3) is 0.400. The Hall–Kier alpha value is -1.88. The van der Waals surface area contributed by atoms with Crippen LogP contribution >= 0.6 is 15.9 Å². The third-order valence-electron chi connectivity index (χ3n) is 5.15. The van der Waals surface area contributed by atoms with Gasteiger partial charge in [0.2, 0.25) is 0 Å². The highest BCUT2D eigenvalue weighted by atomic mass is 79.9. The van der Waals surface area contributed by atoms with E-state index in [0.29, 0.717) is 5.56 Å². The number of pyridine rings is 1. The van der Waals surface area contributed by atoms with E-state index in [4.69, 9.17) is 0 Å². The summed E-state index contributed by atoms with van der Waals surface area (Å²) in [5, 5.41) is 0. The molecular weight excluding hydrogens is 378 g/mol. The van der Waals surface area contributed by atoms with Crippen molar-refractivity contribution in [1.29, 1.82) is 0 Å². The zero-order chi connectivity index (χ0) is 17.4. The van der Waals surface area contributed by atoms with Gasteiger partial charge in [-0.3, -0.25) is 4.79 Å². The number of aromatic nitrogens is 1. The first-order valence-corrected chi connectivity index (χ1v) is 9.67. The second-order valence-electron chi connectivity index (χ2n) is 6.97. The van der Waals surface area contributed by atoms with Gasteiger partial charge in [-0.05, 0) is 70.9 Å². The van der Waals surface area contributed by atoms with E-state index in [-0.39, 0.29) is 5.91 Å². The maximum Gasteiger partial charge on any atom is 0.255 e. The first-order valence-electron chi connectivity index (χ1n) is 8.88. The number of nitrogens with zero attached hydrogens (tertiary/aromatic N) is 3. The van der Waals surface area contributed by atoms with Gasteiger partial charge in [0, 0.05) is 38.1 Å². The molecule has 0 atom stereocenters. The third kappa shape index (κ3) is 3.56. The highest BCUT2D eigenvalue weighted by Gasteiger charge is 2.26. The summed E-state index contributed by atoms with van der Waals surface area (Å²) in [6.07, 6.45) is 4.31. The summed E-state index contributed by atoms with van der Waals surface area (Å²) >= 11 is 3.31. The molecule has 0 radical (unpaired) electrons. The number of hydrogen-bond acceptors (Lipinski definition) is 3. The number of anilines is 1. The average Bonchev–Trinajstić information content (AvgIpc) is 3.47. The molecule has 130 valence electrons. The van der Waals surface area contributed by atoms with Gasteiger partial charge in [0.05, 0.1) is 5.56 Å². The zero-order valence-corrected chi connectivity index (χ0v) is 16.0. The van der Waals surface area contributed by atoms with Crippen molar-refractivity contribution in [2.45, 2.75) is 25.7 Å². The first-order chi connectivity index (χ1) is 12.1. The van der Waals surface area contributed by atoms with Gasteiger partial charge in [-0.25, -0.2) is 4.98 Å². The van der Waals surface area contributed by atoms with Crippen molar-refractivity contribution in [1.82, 2.24) is 9.88 Å². The largest absolute Gasteiger partial charge is 0.368 e. The number of aryl methyl sites for hydroxylation is 1. The van der Waals surface area contributed by atoms with Crippen molar-refractivity contribution in [2.24, 2.45) is 0 Å². The Morgan fingerprint density at radius 3 is 2.48 bits per heavy atom. The smallest absolute Gasteiger partial charge is 0.255 e. The lowest BCUT2D eigenvalue weighted by molar-refractivity contribution is 0.0746. The molecular formula is C20H22BrN3O. The van der Waals surface area contributed by atoms with Crippen LogP contribution in [0, 0.1) is 6.92 Å². The fourth-order valence-corrected chi connectivity index (χ4v) is 3.77. The van der Waals surface area contributed by atoms with Crippen LogP contribution in [-0.4, -0.2) is 42.0 Å². The Labute approximate surface area is 157 Å². The fourth-order valence-electron chi connectivity index (χ4n) is 3.54. The normalized spacial score (nSPS) is 17.7. The van der Waals surface area contributed by atoms with Crippen LogP contribution in [0.2, 0.25) is 0 Å². The van der Waals surface area contributed by atoms with Gasteiger partial charge >= 0.3 is 0 Å². The molecule has 1 aromatic carbocycles. The van der Waals surface area contributed by atoms with Crippen molar-refractivity contribution in [3.05, 3.63) is 57.8 Å². The van der Waals surface area contributed by atoms with Gasteiger partial charge in [0.15, 0.2) is 0 Å². The molecule has 1 saturated heterocycles. The van der Waals surface area contributed by atoms with E-state index in [2.05, 4.69) is 50.9 Å². The van der Waals surface area contributed by atoms with Crippen LogP contribution in [0.25, 0.3) is 0 Å². The lowest BCUT2D eigenvalue weighted by atomic mass is 10.0. The number of rotatable bonds is 3. The minimum absolute atomic E-state index is 0.0699. The quantitative estimate of drug-likeness (QED) is 0.731. The molecule has 0 bridgehead atoms. The molecule has 1 saturated carbocycles.